The molecule has 3 aromatic rings. The summed E-state index contributed by atoms with van der Waals surface area (Å²) < 4.78 is 0. The van der Waals surface area contributed by atoms with Crippen molar-refractivity contribution in [3.63, 3.8) is 0 Å². The lowest BCUT2D eigenvalue weighted by molar-refractivity contribution is -0.204. The number of hydrogen-bond donors (Lipinski definition) is 1. The number of nitrogens with zero attached hydrogens (tertiary/aromatic N) is 2. The second kappa shape index (κ2) is 12.5. The molecule has 6 nitrogen and oxygen atoms in total. The van der Waals surface area contributed by atoms with E-state index in [1.165, 1.54) is 4.90 Å². The molecule has 0 bridgehead atoms. The van der Waals surface area contributed by atoms with Crippen molar-refractivity contribution in [3.05, 3.63) is 90.5 Å². The van der Waals surface area contributed by atoms with Gasteiger partial charge in [-0.25, -0.2) is 4.79 Å². The summed E-state index contributed by atoms with van der Waals surface area (Å²) in [5.41, 5.74) is 3.63. The van der Waals surface area contributed by atoms with Gasteiger partial charge in [0.15, 0.2) is 0 Å². The van der Waals surface area contributed by atoms with Gasteiger partial charge in [-0.3, -0.25) is 14.5 Å². The topological polar surface area (TPSA) is 61.9 Å². The van der Waals surface area contributed by atoms with Gasteiger partial charge in [0.1, 0.15) is 6.04 Å². The van der Waals surface area contributed by atoms with E-state index in [2.05, 4.69) is 12.2 Å². The van der Waals surface area contributed by atoms with E-state index in [0.717, 1.165) is 29.5 Å². The first-order valence-electron chi connectivity index (χ1n) is 12.8. The summed E-state index contributed by atoms with van der Waals surface area (Å²) in [6.45, 7) is 5.32. The zero-order valence-electron chi connectivity index (χ0n) is 21.1. The molecule has 3 amide bonds. The number of hydrogen-bond acceptors (Lipinski definition) is 4. The van der Waals surface area contributed by atoms with Gasteiger partial charge in [-0.05, 0) is 42.9 Å². The van der Waals surface area contributed by atoms with E-state index < -0.39 is 12.1 Å². The van der Waals surface area contributed by atoms with Crippen LogP contribution in [0.5, 0.6) is 0 Å². The molecular weight excluding hydrogens is 450 g/mol. The van der Waals surface area contributed by atoms with Gasteiger partial charge in [-0.1, -0.05) is 92.2 Å². The Hall–Kier alpha value is -3.48. The van der Waals surface area contributed by atoms with Crippen LogP contribution in [0.3, 0.4) is 0 Å². The molecule has 188 valence electrons. The van der Waals surface area contributed by atoms with Crippen molar-refractivity contribution in [2.24, 2.45) is 5.92 Å². The molecule has 0 saturated carbocycles. The smallest absolute Gasteiger partial charge is 0.307 e. The number of para-hydroxylation sites is 1. The second-order valence-electron chi connectivity index (χ2n) is 9.33. The molecule has 1 N–H and O–H groups in total. The average molecular weight is 486 g/mol. The minimum absolute atomic E-state index is 0.227. The minimum atomic E-state index is -0.506. The number of carbonyl (C=O) groups excluding carboxylic acids is 2. The van der Waals surface area contributed by atoms with Gasteiger partial charge in [0, 0.05) is 18.7 Å². The minimum Gasteiger partial charge on any atom is -0.307 e. The molecule has 1 heterocycles. The third kappa shape index (κ3) is 6.39. The van der Waals surface area contributed by atoms with E-state index in [-0.39, 0.29) is 12.5 Å². The third-order valence-corrected chi connectivity index (χ3v) is 6.62. The molecule has 0 aliphatic carbocycles. The fourth-order valence-corrected chi connectivity index (χ4v) is 4.67. The Kier molecular flexibility index (Phi) is 8.87. The lowest BCUT2D eigenvalue weighted by Gasteiger charge is -2.32. The summed E-state index contributed by atoms with van der Waals surface area (Å²) in [7, 11) is 0. The highest BCUT2D eigenvalue weighted by Gasteiger charge is 2.35. The lowest BCUT2D eigenvalue weighted by Crippen LogP contribution is -2.51. The van der Waals surface area contributed by atoms with E-state index in [0.29, 0.717) is 31.2 Å². The summed E-state index contributed by atoms with van der Waals surface area (Å²) >= 11 is 0. The number of likely N-dealkylation sites (N-methyl/N-ethyl adjacent to an activating group) is 1. The molecule has 0 aromatic heterocycles. The molecule has 0 radical (unpaired) electrons. The fourth-order valence-electron chi connectivity index (χ4n) is 4.67. The molecule has 1 saturated heterocycles. The maximum absolute atomic E-state index is 13.7. The summed E-state index contributed by atoms with van der Waals surface area (Å²) in [5, 5.41) is 4.79. The number of nitrogens with one attached hydrogen (secondary N) is 1. The van der Waals surface area contributed by atoms with Crippen LogP contribution < -0.4 is 5.32 Å². The highest BCUT2D eigenvalue weighted by atomic mass is 16.7. The molecule has 36 heavy (non-hydrogen) atoms. The highest BCUT2D eigenvalue weighted by molar-refractivity contribution is 6.04. The highest BCUT2D eigenvalue weighted by Crippen LogP contribution is 2.28. The van der Waals surface area contributed by atoms with E-state index in [4.69, 9.17) is 4.84 Å². The Morgan fingerprint density at radius 3 is 2.33 bits per heavy atom. The average Bonchev–Trinajstić information content (AvgIpc) is 3.10. The largest absolute Gasteiger partial charge is 0.328 e. The maximum atomic E-state index is 13.7. The van der Waals surface area contributed by atoms with Crippen molar-refractivity contribution >= 4 is 17.6 Å². The van der Waals surface area contributed by atoms with Crippen LogP contribution in [0.4, 0.5) is 10.5 Å². The molecule has 3 aromatic carbocycles. The summed E-state index contributed by atoms with van der Waals surface area (Å²) in [6, 6.07) is 26.6. The first-order chi connectivity index (χ1) is 17.6. The van der Waals surface area contributed by atoms with Crippen molar-refractivity contribution in [3.8, 4) is 11.1 Å². The van der Waals surface area contributed by atoms with Crippen molar-refractivity contribution < 1.29 is 14.4 Å². The van der Waals surface area contributed by atoms with Crippen LogP contribution in [0.25, 0.3) is 11.1 Å². The molecular formula is C30H35N3O3. The first kappa shape index (κ1) is 25.6. The van der Waals surface area contributed by atoms with Crippen molar-refractivity contribution in [1.82, 2.24) is 9.96 Å². The Morgan fingerprint density at radius 1 is 0.944 bits per heavy atom. The Morgan fingerprint density at radius 2 is 1.61 bits per heavy atom. The molecule has 1 aliphatic heterocycles. The van der Waals surface area contributed by atoms with Gasteiger partial charge >= 0.3 is 6.03 Å². The summed E-state index contributed by atoms with van der Waals surface area (Å²) in [6.07, 6.45) is 2.60. The number of imide groups is 1. The normalized spacial score (nSPS) is 18.3. The molecule has 1 aliphatic rings. The van der Waals surface area contributed by atoms with Crippen molar-refractivity contribution in [2.75, 3.05) is 18.4 Å². The van der Waals surface area contributed by atoms with E-state index in [1.54, 1.807) is 5.06 Å². The van der Waals surface area contributed by atoms with Gasteiger partial charge in [0.2, 0.25) is 5.91 Å². The van der Waals surface area contributed by atoms with Gasteiger partial charge in [-0.15, -0.1) is 0 Å². The van der Waals surface area contributed by atoms with E-state index >= 15 is 0 Å². The van der Waals surface area contributed by atoms with Crippen LogP contribution in [0, 0.1) is 5.92 Å². The molecule has 2 atom stereocenters. The zero-order chi connectivity index (χ0) is 25.3. The number of amides is 3. The van der Waals surface area contributed by atoms with Crippen molar-refractivity contribution in [1.29, 1.82) is 0 Å². The van der Waals surface area contributed by atoms with Gasteiger partial charge in [-0.2, -0.15) is 5.06 Å². The lowest BCUT2D eigenvalue weighted by atomic mass is 10.0. The van der Waals surface area contributed by atoms with Gasteiger partial charge in [0.25, 0.3) is 0 Å². The zero-order valence-corrected chi connectivity index (χ0v) is 21.1. The van der Waals surface area contributed by atoms with Crippen LogP contribution in [-0.4, -0.2) is 41.0 Å². The Bertz CT molecular complexity index is 1140. The van der Waals surface area contributed by atoms with Crippen molar-refractivity contribution in [2.45, 2.75) is 45.8 Å². The van der Waals surface area contributed by atoms with Crippen LogP contribution in [0.2, 0.25) is 0 Å². The number of urea groups is 1. The monoisotopic (exact) mass is 485 g/mol. The molecule has 1 fully saturated rings. The van der Waals surface area contributed by atoms with Gasteiger partial charge < -0.3 is 5.32 Å². The molecule has 2 unspecified atom stereocenters. The number of hydroxylamine groups is 2. The van der Waals surface area contributed by atoms with E-state index in [9.17, 15) is 9.59 Å². The summed E-state index contributed by atoms with van der Waals surface area (Å²) in [4.78, 5) is 34.6. The fraction of sp³-hybridized carbons (Fsp3) is 0.333. The number of anilines is 1. The Balaban J connectivity index is 1.51. The van der Waals surface area contributed by atoms with E-state index in [1.807, 2.05) is 91.9 Å². The number of rotatable bonds is 7. The Labute approximate surface area is 213 Å². The van der Waals surface area contributed by atoms with Crippen LogP contribution in [-0.2, 0) is 16.2 Å². The van der Waals surface area contributed by atoms with Gasteiger partial charge in [0.05, 0.1) is 12.3 Å². The molecule has 6 heteroatoms. The first-order valence-corrected chi connectivity index (χ1v) is 12.8. The number of carbonyl (C=O) groups is 2. The van der Waals surface area contributed by atoms with Crippen LogP contribution in [0.1, 0.15) is 38.7 Å². The predicted octanol–water partition coefficient (Wildman–Crippen LogP) is 6.36. The third-order valence-electron chi connectivity index (χ3n) is 6.62. The standard InChI is InChI=1S/C30H35N3O3/c1-3-32(30(35)31-27-19-11-10-18-26(27)25-16-8-5-9-17-25)29(34)28-20-12-13-23(2)21-33(28)36-22-24-14-6-4-7-15-24/h4-11,14-19,23,28H,3,12-13,20-22H2,1-2H3,(H,31,35). The number of benzene rings is 3. The predicted molar refractivity (Wildman–Crippen MR) is 143 cm³/mol. The maximum Gasteiger partial charge on any atom is 0.328 e. The summed E-state index contributed by atoms with van der Waals surface area (Å²) in [5.74, 6) is 0.176. The SMILES string of the molecule is CCN(C(=O)Nc1ccccc1-c1ccccc1)C(=O)C1CCCC(C)CN1OCc1ccccc1. The molecule has 0 spiro atoms. The molecule has 4 rings (SSSR count). The van der Waals surface area contributed by atoms with Crippen LogP contribution in [0.15, 0.2) is 84.9 Å². The quantitative estimate of drug-likeness (QED) is 0.423. The second-order valence-corrected chi connectivity index (χ2v) is 9.33. The van der Waals surface area contributed by atoms with Crippen LogP contribution >= 0.6 is 0 Å².